The predicted octanol–water partition coefficient (Wildman–Crippen LogP) is 1.96. The Morgan fingerprint density at radius 1 is 0.929 bits per heavy atom. The highest BCUT2D eigenvalue weighted by molar-refractivity contribution is 6.53. The summed E-state index contributed by atoms with van der Waals surface area (Å²) in [5.41, 5.74) is -0.242. The van der Waals surface area contributed by atoms with Crippen LogP contribution in [0.5, 0.6) is 0 Å². The zero-order chi connectivity index (χ0) is 11.2. The molecule has 0 aromatic heterocycles. The van der Waals surface area contributed by atoms with Crippen LogP contribution in [0.25, 0.3) is 0 Å². The van der Waals surface area contributed by atoms with Crippen LogP contribution in [0.15, 0.2) is 0 Å². The first-order valence-corrected chi connectivity index (χ1v) is 6.50. The molecule has 0 aromatic rings. The summed E-state index contributed by atoms with van der Waals surface area (Å²) < 4.78 is 21.5. The first kappa shape index (κ1) is 14.1. The van der Waals surface area contributed by atoms with Gasteiger partial charge in [-0.1, -0.05) is 13.8 Å². The third-order valence-corrected chi connectivity index (χ3v) is 4.86. The SMILES string of the molecule is CCC(C)(CC)O[Si](OC)(OC)OC. The van der Waals surface area contributed by atoms with Crippen molar-refractivity contribution in [2.24, 2.45) is 0 Å². The fourth-order valence-electron chi connectivity index (χ4n) is 1.07. The van der Waals surface area contributed by atoms with Gasteiger partial charge in [-0.25, -0.2) is 0 Å². The van der Waals surface area contributed by atoms with Gasteiger partial charge in [-0.05, 0) is 19.8 Å². The molecule has 4 nitrogen and oxygen atoms in total. The van der Waals surface area contributed by atoms with E-state index in [1.165, 1.54) is 0 Å². The molecule has 0 spiro atoms. The van der Waals surface area contributed by atoms with Gasteiger partial charge in [0.2, 0.25) is 0 Å². The van der Waals surface area contributed by atoms with Gasteiger partial charge in [-0.15, -0.1) is 0 Å². The molecular formula is C9H22O4Si. The lowest BCUT2D eigenvalue weighted by Crippen LogP contribution is -2.52. The Morgan fingerprint density at radius 3 is 1.50 bits per heavy atom. The summed E-state index contributed by atoms with van der Waals surface area (Å²) in [6.07, 6.45) is 1.79. The number of hydrogen-bond donors (Lipinski definition) is 0. The molecule has 0 radical (unpaired) electrons. The number of rotatable bonds is 7. The van der Waals surface area contributed by atoms with Gasteiger partial charge in [0.25, 0.3) is 0 Å². The maximum atomic E-state index is 5.84. The summed E-state index contributed by atoms with van der Waals surface area (Å²) in [6, 6.07) is 0. The Morgan fingerprint density at radius 2 is 1.29 bits per heavy atom. The van der Waals surface area contributed by atoms with E-state index < -0.39 is 9.05 Å². The van der Waals surface area contributed by atoms with E-state index in [0.29, 0.717) is 0 Å². The van der Waals surface area contributed by atoms with Crippen molar-refractivity contribution in [1.29, 1.82) is 0 Å². The third-order valence-electron chi connectivity index (χ3n) is 2.62. The second-order valence-corrected chi connectivity index (χ2v) is 5.80. The van der Waals surface area contributed by atoms with Crippen LogP contribution in [0.2, 0.25) is 0 Å². The van der Waals surface area contributed by atoms with Crippen molar-refractivity contribution in [3.63, 3.8) is 0 Å². The van der Waals surface area contributed by atoms with E-state index in [0.717, 1.165) is 12.8 Å². The molecule has 14 heavy (non-hydrogen) atoms. The molecule has 5 heteroatoms. The summed E-state index contributed by atoms with van der Waals surface area (Å²) in [6.45, 7) is 6.18. The summed E-state index contributed by atoms with van der Waals surface area (Å²) in [5.74, 6) is 0. The first-order chi connectivity index (χ1) is 6.51. The quantitative estimate of drug-likeness (QED) is 0.617. The Kier molecular flexibility index (Phi) is 5.85. The molecule has 0 unspecified atom stereocenters. The number of hydrogen-bond acceptors (Lipinski definition) is 4. The van der Waals surface area contributed by atoms with E-state index in [9.17, 15) is 0 Å². The molecule has 0 aliphatic heterocycles. The molecule has 0 saturated carbocycles. The van der Waals surface area contributed by atoms with Gasteiger partial charge in [0.05, 0.1) is 5.60 Å². The van der Waals surface area contributed by atoms with Crippen molar-refractivity contribution in [1.82, 2.24) is 0 Å². The minimum Gasteiger partial charge on any atom is -0.355 e. The molecule has 0 amide bonds. The van der Waals surface area contributed by atoms with E-state index in [-0.39, 0.29) is 5.60 Å². The van der Waals surface area contributed by atoms with E-state index in [4.69, 9.17) is 17.7 Å². The lowest BCUT2D eigenvalue weighted by molar-refractivity contribution is -0.0665. The molecular weight excluding hydrogens is 200 g/mol. The second kappa shape index (κ2) is 5.82. The van der Waals surface area contributed by atoms with E-state index in [1.807, 2.05) is 6.92 Å². The van der Waals surface area contributed by atoms with Crippen LogP contribution in [0, 0.1) is 0 Å². The molecule has 0 fully saturated rings. The van der Waals surface area contributed by atoms with Crippen molar-refractivity contribution in [2.75, 3.05) is 21.3 Å². The lowest BCUT2D eigenvalue weighted by Gasteiger charge is -2.34. The summed E-state index contributed by atoms with van der Waals surface area (Å²) in [5, 5.41) is 0. The van der Waals surface area contributed by atoms with E-state index in [2.05, 4.69) is 13.8 Å². The van der Waals surface area contributed by atoms with Gasteiger partial charge in [0.15, 0.2) is 0 Å². The maximum Gasteiger partial charge on any atom is 0.679 e. The minimum atomic E-state index is -2.89. The molecule has 0 saturated heterocycles. The molecule has 86 valence electrons. The fraction of sp³-hybridized carbons (Fsp3) is 1.00. The van der Waals surface area contributed by atoms with Crippen LogP contribution in [0.3, 0.4) is 0 Å². The van der Waals surface area contributed by atoms with Crippen LogP contribution < -0.4 is 0 Å². The summed E-state index contributed by atoms with van der Waals surface area (Å²) >= 11 is 0. The zero-order valence-corrected chi connectivity index (χ0v) is 11.0. The van der Waals surface area contributed by atoms with Gasteiger partial charge in [0.1, 0.15) is 0 Å². The van der Waals surface area contributed by atoms with Crippen LogP contribution in [-0.4, -0.2) is 36.0 Å². The average molecular weight is 222 g/mol. The van der Waals surface area contributed by atoms with Crippen LogP contribution in [0.1, 0.15) is 33.6 Å². The molecule has 0 rings (SSSR count). The van der Waals surface area contributed by atoms with Crippen molar-refractivity contribution in [3.05, 3.63) is 0 Å². The molecule has 0 bridgehead atoms. The third kappa shape index (κ3) is 3.32. The van der Waals surface area contributed by atoms with Crippen LogP contribution in [-0.2, 0) is 17.7 Å². The molecule has 0 atom stereocenters. The highest BCUT2D eigenvalue weighted by Gasteiger charge is 2.47. The van der Waals surface area contributed by atoms with Gasteiger partial charge >= 0.3 is 9.05 Å². The highest BCUT2D eigenvalue weighted by atomic mass is 28.4. The molecule has 0 aliphatic rings. The molecule has 0 aliphatic carbocycles. The lowest BCUT2D eigenvalue weighted by atomic mass is 10.0. The first-order valence-electron chi connectivity index (χ1n) is 4.87. The monoisotopic (exact) mass is 222 g/mol. The predicted molar refractivity (Wildman–Crippen MR) is 56.9 cm³/mol. The zero-order valence-electron chi connectivity index (χ0n) is 10.0. The molecule has 0 aromatic carbocycles. The second-order valence-electron chi connectivity index (χ2n) is 3.37. The van der Waals surface area contributed by atoms with Crippen molar-refractivity contribution in [3.8, 4) is 0 Å². The van der Waals surface area contributed by atoms with Crippen molar-refractivity contribution >= 4 is 9.05 Å². The Balaban J connectivity index is 4.56. The fourth-order valence-corrected chi connectivity index (χ4v) is 2.71. The van der Waals surface area contributed by atoms with Crippen molar-refractivity contribution in [2.45, 2.75) is 39.2 Å². The highest BCUT2D eigenvalue weighted by Crippen LogP contribution is 2.25. The van der Waals surface area contributed by atoms with Gasteiger partial charge in [-0.2, -0.15) is 0 Å². The van der Waals surface area contributed by atoms with Crippen molar-refractivity contribution < 1.29 is 17.7 Å². The average Bonchev–Trinajstić information content (AvgIpc) is 2.26. The topological polar surface area (TPSA) is 36.9 Å². The smallest absolute Gasteiger partial charge is 0.355 e. The summed E-state index contributed by atoms with van der Waals surface area (Å²) in [4.78, 5) is 0. The molecule has 0 N–H and O–H groups in total. The Hall–Kier alpha value is 0.0569. The standard InChI is InChI=1S/C9H22O4Si/c1-7-9(3,8-2)13-14(10-4,11-5)12-6/h7-8H2,1-6H3. The van der Waals surface area contributed by atoms with Gasteiger partial charge in [0, 0.05) is 21.3 Å². The van der Waals surface area contributed by atoms with Gasteiger partial charge in [-0.3, -0.25) is 0 Å². The van der Waals surface area contributed by atoms with E-state index in [1.54, 1.807) is 21.3 Å². The van der Waals surface area contributed by atoms with Crippen LogP contribution in [0.4, 0.5) is 0 Å². The largest absolute Gasteiger partial charge is 0.679 e. The van der Waals surface area contributed by atoms with Crippen LogP contribution >= 0.6 is 0 Å². The maximum absolute atomic E-state index is 5.84. The normalized spacial score (nSPS) is 13.3. The Labute approximate surface area is 88.0 Å². The molecule has 0 heterocycles. The van der Waals surface area contributed by atoms with Gasteiger partial charge < -0.3 is 17.7 Å². The summed E-state index contributed by atoms with van der Waals surface area (Å²) in [7, 11) is 1.75. The Bertz CT molecular complexity index is 147. The van der Waals surface area contributed by atoms with E-state index >= 15 is 0 Å². The minimum absolute atomic E-state index is 0.242.